The van der Waals surface area contributed by atoms with Gasteiger partial charge in [-0.05, 0) is 56.2 Å². The lowest BCUT2D eigenvalue weighted by Gasteiger charge is -2.14. The molecule has 0 fully saturated rings. The van der Waals surface area contributed by atoms with Gasteiger partial charge in [0.25, 0.3) is 5.91 Å². The molecule has 144 valence electrons. The Kier molecular flexibility index (Phi) is 7.76. The summed E-state index contributed by atoms with van der Waals surface area (Å²) >= 11 is 26.4. The van der Waals surface area contributed by atoms with Crippen LogP contribution in [0.5, 0.6) is 0 Å². The second-order valence-corrected chi connectivity index (χ2v) is 22.3. The molecule has 0 saturated carbocycles. The molecule has 0 saturated heterocycles. The van der Waals surface area contributed by atoms with Gasteiger partial charge in [0, 0.05) is 0 Å². The van der Waals surface area contributed by atoms with Gasteiger partial charge in [-0.25, -0.2) is 0 Å². The Morgan fingerprint density at radius 1 is 0.708 bits per heavy atom. The van der Waals surface area contributed by atoms with Crippen LogP contribution in [0.3, 0.4) is 0 Å². The summed E-state index contributed by atoms with van der Waals surface area (Å²) in [6.07, 6.45) is 0. The SMILES string of the molecule is FP1(F)=NP(F)(F)=NP(F)(N=P(F)(F)N=P(Cl)(Cl)N=P(Cl)(Cl)Cl)=N1. The Hall–Kier alpha value is 2.34. The van der Waals surface area contributed by atoms with Gasteiger partial charge in [0.2, 0.25) is 5.11 Å². The van der Waals surface area contributed by atoms with Crippen LogP contribution >= 0.6 is 98.4 Å². The third-order valence-electron chi connectivity index (χ3n) is 1.30. The summed E-state index contributed by atoms with van der Waals surface area (Å²) in [6, 6.07) is 0. The van der Waals surface area contributed by atoms with E-state index in [-0.39, 0.29) is 0 Å². The van der Waals surface area contributed by atoms with E-state index in [9.17, 15) is 29.4 Å². The van der Waals surface area contributed by atoms with Crippen molar-refractivity contribution in [2.45, 2.75) is 0 Å². The Labute approximate surface area is 154 Å². The Balaban J connectivity index is 3.64. The normalized spacial score (nSPS) is 26.5. The fourth-order valence-electron chi connectivity index (χ4n) is 0.917. The second-order valence-electron chi connectivity index (χ2n) is 3.27. The predicted octanol–water partition coefficient (Wildman–Crippen LogP) is 12.7. The van der Waals surface area contributed by atoms with Crippen molar-refractivity contribution in [1.82, 2.24) is 0 Å². The van der Waals surface area contributed by atoms with Crippen LogP contribution in [0.15, 0.2) is 27.1 Å². The molecule has 1 aliphatic heterocycles. The molecule has 0 radical (unpaired) electrons. The highest BCUT2D eigenvalue weighted by atomic mass is 36.0. The van der Waals surface area contributed by atoms with E-state index in [1.165, 1.54) is 0 Å². The zero-order valence-corrected chi connectivity index (χ0v) is 19.0. The molecule has 0 aliphatic carbocycles. The lowest BCUT2D eigenvalue weighted by molar-refractivity contribution is 0.696. The first-order valence-electron chi connectivity index (χ1n) is 4.43. The molecule has 1 aliphatic rings. The topological polar surface area (TPSA) is 74.2 Å². The molecule has 0 N–H and O–H groups in total. The largest absolute Gasteiger partial charge is 0.424 e. The molecule has 0 aromatic carbocycles. The van der Waals surface area contributed by atoms with Crippen LogP contribution in [0, 0.1) is 0 Å². The number of nitrogens with zero attached hydrogens (tertiary/aromatic N) is 6. The molecule has 0 aromatic heterocycles. The van der Waals surface area contributed by atoms with Crippen LogP contribution < -0.4 is 0 Å². The zero-order valence-electron chi connectivity index (χ0n) is 9.90. The lowest BCUT2D eigenvalue weighted by atomic mass is 13.8. The standard InChI is InChI=1S/Cl5F7N6P6/c1-19(2,3)13-20(4,5)14-21(6,7)16-24(12)17-22(8,9)15-23(10,11)18-24. The maximum absolute atomic E-state index is 13.9. The van der Waals surface area contributed by atoms with E-state index in [1.54, 1.807) is 4.52 Å². The summed E-state index contributed by atoms with van der Waals surface area (Å²) in [5.41, 5.74) is 0. The first-order chi connectivity index (χ1) is 10.2. The van der Waals surface area contributed by atoms with Crippen LogP contribution in [0.2, 0.25) is 0 Å². The highest BCUT2D eigenvalue weighted by molar-refractivity contribution is 8.29. The van der Waals surface area contributed by atoms with Crippen molar-refractivity contribution in [3.63, 3.8) is 0 Å². The van der Waals surface area contributed by atoms with E-state index in [1.807, 2.05) is 13.5 Å². The molecule has 0 spiro atoms. The van der Waals surface area contributed by atoms with E-state index < -0.39 is 42.2 Å². The monoisotopic (exact) mass is 578 g/mol. The van der Waals surface area contributed by atoms with Crippen molar-refractivity contribution in [3.8, 4) is 0 Å². The number of rotatable bonds is 3. The van der Waals surface area contributed by atoms with E-state index in [4.69, 9.17) is 56.2 Å². The van der Waals surface area contributed by atoms with Gasteiger partial charge in [-0.15, -0.1) is 43.2 Å². The van der Waals surface area contributed by atoms with E-state index in [2.05, 4.69) is 9.03 Å². The quantitative estimate of drug-likeness (QED) is 0.235. The lowest BCUT2D eigenvalue weighted by Crippen LogP contribution is -1.71. The summed E-state index contributed by atoms with van der Waals surface area (Å²) in [5, 5.41) is -3.72. The van der Waals surface area contributed by atoms with Crippen LogP contribution in [0.25, 0.3) is 0 Å². The molecular formula is Cl5F7N6P6. The van der Waals surface area contributed by atoms with Crippen molar-refractivity contribution < 1.29 is 29.4 Å². The number of hydrogen-bond acceptors (Lipinski definition) is 4. The van der Waals surface area contributed by atoms with Crippen molar-refractivity contribution in [2.24, 2.45) is 27.1 Å². The summed E-state index contributed by atoms with van der Waals surface area (Å²) < 4.78 is 106. The van der Waals surface area contributed by atoms with Crippen molar-refractivity contribution in [3.05, 3.63) is 0 Å². The zero-order chi connectivity index (χ0) is 19.2. The van der Waals surface area contributed by atoms with Gasteiger partial charge < -0.3 is 0 Å². The third kappa shape index (κ3) is 9.02. The molecule has 24 heteroatoms. The first-order valence-corrected chi connectivity index (χ1v) is 18.4. The molecule has 1 unspecified atom stereocenters. The molecule has 1 heterocycles. The summed E-state index contributed by atoms with van der Waals surface area (Å²) in [5.74, 6) is -4.41. The predicted molar refractivity (Wildman–Crippen MR) is 93.1 cm³/mol. The van der Waals surface area contributed by atoms with Gasteiger partial charge in [-0.3, -0.25) is 0 Å². The van der Waals surface area contributed by atoms with Gasteiger partial charge in [-0.1, -0.05) is 0 Å². The molecule has 0 amide bonds. The molecule has 6 nitrogen and oxygen atoms in total. The van der Waals surface area contributed by atoms with Gasteiger partial charge >= 0.3 is 31.1 Å². The second kappa shape index (κ2) is 7.64. The minimum atomic E-state index is -6.30. The van der Waals surface area contributed by atoms with Crippen LogP contribution in [-0.2, 0) is 0 Å². The van der Waals surface area contributed by atoms with Crippen molar-refractivity contribution in [1.29, 1.82) is 0 Å². The average molecular weight is 580 g/mol. The summed E-state index contributed by atoms with van der Waals surface area (Å²) in [6.45, 7) is 0. The van der Waals surface area contributed by atoms with Crippen molar-refractivity contribution in [2.75, 3.05) is 0 Å². The number of halogens is 12. The minimum Gasteiger partial charge on any atom is -0.191 e. The molecule has 24 heavy (non-hydrogen) atoms. The molecule has 0 aromatic rings. The summed E-state index contributed by atoms with van der Waals surface area (Å²) in [7, 11) is -24.7. The van der Waals surface area contributed by atoms with Crippen LogP contribution in [0.1, 0.15) is 0 Å². The fraction of sp³-hybridized carbons (Fsp3) is 0. The molecule has 1 rings (SSSR count). The average Bonchev–Trinajstić information content (AvgIpc) is 1.98. The van der Waals surface area contributed by atoms with Crippen LogP contribution in [0.4, 0.5) is 29.4 Å². The first kappa shape index (κ1) is 24.4. The molecule has 0 bridgehead atoms. The van der Waals surface area contributed by atoms with Crippen molar-refractivity contribution >= 4 is 98.4 Å². The smallest absolute Gasteiger partial charge is 0.191 e. The maximum Gasteiger partial charge on any atom is 0.424 e. The maximum atomic E-state index is 13.9. The molecular weight excluding hydrogens is 580 g/mol. The summed E-state index contributed by atoms with van der Waals surface area (Å²) in [4.78, 5) is 0. The van der Waals surface area contributed by atoms with Gasteiger partial charge in [0.1, 0.15) is 0 Å². The highest BCUT2D eigenvalue weighted by Gasteiger charge is 2.41. The van der Waals surface area contributed by atoms with Gasteiger partial charge in [-0.2, -0.15) is 13.2 Å². The Morgan fingerprint density at radius 3 is 1.58 bits per heavy atom. The minimum absolute atomic E-state index is 1.67. The molecule has 1 atom stereocenters. The van der Waals surface area contributed by atoms with Gasteiger partial charge in [0.15, 0.2) is 0 Å². The Bertz CT molecular complexity index is 842. The fourth-order valence-corrected chi connectivity index (χ4v) is 18.3. The van der Waals surface area contributed by atoms with E-state index in [0.29, 0.717) is 0 Å². The third-order valence-corrected chi connectivity index (χ3v) is 16.0. The van der Waals surface area contributed by atoms with E-state index in [0.717, 1.165) is 0 Å². The van der Waals surface area contributed by atoms with Gasteiger partial charge in [0.05, 0.1) is 0 Å². The van der Waals surface area contributed by atoms with E-state index >= 15 is 0 Å². The van der Waals surface area contributed by atoms with Crippen LogP contribution in [-0.4, -0.2) is 0 Å². The number of hydrogen-bond donors (Lipinski definition) is 0. The highest BCUT2D eigenvalue weighted by Crippen LogP contribution is 2.86. The Morgan fingerprint density at radius 2 is 1.17 bits per heavy atom.